The Balaban J connectivity index is 2.30. The van der Waals surface area contributed by atoms with Gasteiger partial charge in [-0.3, -0.25) is 0 Å². The molecular formula is C11H20N4. The summed E-state index contributed by atoms with van der Waals surface area (Å²) < 4.78 is 2.16. The molecule has 0 bridgehead atoms. The largest absolute Gasteiger partial charge is 0.313 e. The smallest absolute Gasteiger partial charge is 0.153 e. The molecule has 0 aliphatic carbocycles. The van der Waals surface area contributed by atoms with Crippen LogP contribution in [0.2, 0.25) is 0 Å². The maximum absolute atomic E-state index is 4.28. The summed E-state index contributed by atoms with van der Waals surface area (Å²) in [4.78, 5) is 0. The normalized spacial score (nSPS) is 27.2. The van der Waals surface area contributed by atoms with Gasteiger partial charge in [0.05, 0.1) is 5.54 Å². The Kier molecular flexibility index (Phi) is 2.78. The molecule has 4 heteroatoms. The Morgan fingerprint density at radius 3 is 2.87 bits per heavy atom. The summed E-state index contributed by atoms with van der Waals surface area (Å²) in [6, 6.07) is 0.426. The molecule has 1 unspecified atom stereocenters. The monoisotopic (exact) mass is 208 g/mol. The molecule has 0 aromatic carbocycles. The van der Waals surface area contributed by atoms with E-state index in [0.717, 1.165) is 18.8 Å². The standard InChI is InChI=1S/C11H20N4/c1-9(2)15-8-13-14-10(15)11(3)6-4-5-7-12-11/h8-9,12H,4-7H2,1-3H3. The van der Waals surface area contributed by atoms with Crippen LogP contribution >= 0.6 is 0 Å². The van der Waals surface area contributed by atoms with Crippen LogP contribution in [0.3, 0.4) is 0 Å². The highest BCUT2D eigenvalue weighted by atomic mass is 15.3. The third-order valence-electron chi connectivity index (χ3n) is 3.24. The van der Waals surface area contributed by atoms with Crippen molar-refractivity contribution in [2.45, 2.75) is 51.6 Å². The van der Waals surface area contributed by atoms with E-state index in [1.807, 2.05) is 6.33 Å². The van der Waals surface area contributed by atoms with Crippen molar-refractivity contribution in [1.82, 2.24) is 20.1 Å². The van der Waals surface area contributed by atoms with Crippen LogP contribution in [0, 0.1) is 0 Å². The molecule has 2 rings (SSSR count). The number of rotatable bonds is 2. The van der Waals surface area contributed by atoms with Crippen LogP contribution in [0.25, 0.3) is 0 Å². The van der Waals surface area contributed by atoms with Gasteiger partial charge in [-0.2, -0.15) is 0 Å². The maximum atomic E-state index is 4.28. The van der Waals surface area contributed by atoms with Crippen LogP contribution in [0.5, 0.6) is 0 Å². The lowest BCUT2D eigenvalue weighted by atomic mass is 9.90. The molecule has 2 heterocycles. The second kappa shape index (κ2) is 3.93. The summed E-state index contributed by atoms with van der Waals surface area (Å²) in [5.41, 5.74) is 0.0129. The molecule has 1 aromatic heterocycles. The van der Waals surface area contributed by atoms with Crippen molar-refractivity contribution < 1.29 is 0 Å². The van der Waals surface area contributed by atoms with E-state index in [-0.39, 0.29) is 5.54 Å². The fraction of sp³-hybridized carbons (Fsp3) is 0.818. The molecule has 1 N–H and O–H groups in total. The predicted octanol–water partition coefficient (Wildman–Crippen LogP) is 1.85. The van der Waals surface area contributed by atoms with Crippen LogP contribution in [0.4, 0.5) is 0 Å². The third-order valence-corrected chi connectivity index (χ3v) is 3.24. The fourth-order valence-corrected chi connectivity index (χ4v) is 2.26. The molecule has 0 amide bonds. The van der Waals surface area contributed by atoms with Crippen LogP contribution < -0.4 is 5.32 Å². The van der Waals surface area contributed by atoms with Gasteiger partial charge in [0.2, 0.25) is 0 Å². The summed E-state index contributed by atoms with van der Waals surface area (Å²) in [5, 5.41) is 11.9. The lowest BCUT2D eigenvalue weighted by molar-refractivity contribution is 0.256. The average Bonchev–Trinajstić information content (AvgIpc) is 2.67. The maximum Gasteiger partial charge on any atom is 0.153 e. The number of hydrogen-bond acceptors (Lipinski definition) is 3. The fourth-order valence-electron chi connectivity index (χ4n) is 2.26. The van der Waals surface area contributed by atoms with Crippen molar-refractivity contribution >= 4 is 0 Å². The molecule has 1 saturated heterocycles. The van der Waals surface area contributed by atoms with Crippen molar-refractivity contribution in [2.75, 3.05) is 6.54 Å². The van der Waals surface area contributed by atoms with E-state index >= 15 is 0 Å². The SMILES string of the molecule is CC(C)n1cnnc1C1(C)CCCCN1. The minimum Gasteiger partial charge on any atom is -0.313 e. The van der Waals surface area contributed by atoms with Crippen molar-refractivity contribution in [3.8, 4) is 0 Å². The Hall–Kier alpha value is -0.900. The first kappa shape index (κ1) is 10.6. The van der Waals surface area contributed by atoms with Crippen LogP contribution in [-0.4, -0.2) is 21.3 Å². The van der Waals surface area contributed by atoms with Gasteiger partial charge in [0.25, 0.3) is 0 Å². The number of nitrogens with zero attached hydrogens (tertiary/aromatic N) is 3. The zero-order chi connectivity index (χ0) is 10.9. The molecule has 1 atom stereocenters. The Bertz CT molecular complexity index is 323. The van der Waals surface area contributed by atoms with E-state index in [0.29, 0.717) is 6.04 Å². The molecule has 15 heavy (non-hydrogen) atoms. The van der Waals surface area contributed by atoms with Crippen LogP contribution in [0.1, 0.15) is 51.9 Å². The van der Waals surface area contributed by atoms with E-state index < -0.39 is 0 Å². The minimum atomic E-state index is 0.0129. The van der Waals surface area contributed by atoms with E-state index in [9.17, 15) is 0 Å². The van der Waals surface area contributed by atoms with Gasteiger partial charge in [0.15, 0.2) is 5.82 Å². The van der Waals surface area contributed by atoms with Crippen LogP contribution in [0.15, 0.2) is 6.33 Å². The molecule has 1 fully saturated rings. The molecule has 1 aliphatic rings. The molecule has 1 aliphatic heterocycles. The summed E-state index contributed by atoms with van der Waals surface area (Å²) in [6.07, 6.45) is 5.53. The number of hydrogen-bond donors (Lipinski definition) is 1. The minimum absolute atomic E-state index is 0.0129. The van der Waals surface area contributed by atoms with Gasteiger partial charge < -0.3 is 9.88 Å². The summed E-state index contributed by atoms with van der Waals surface area (Å²) in [5.74, 6) is 1.08. The van der Waals surface area contributed by atoms with Crippen LogP contribution in [-0.2, 0) is 5.54 Å². The van der Waals surface area contributed by atoms with Crippen molar-refractivity contribution in [1.29, 1.82) is 0 Å². The third kappa shape index (κ3) is 1.91. The highest BCUT2D eigenvalue weighted by molar-refractivity contribution is 5.06. The van der Waals surface area contributed by atoms with Gasteiger partial charge >= 0.3 is 0 Å². The van der Waals surface area contributed by atoms with E-state index in [2.05, 4.69) is 40.9 Å². The summed E-state index contributed by atoms with van der Waals surface area (Å²) in [7, 11) is 0. The molecule has 4 nitrogen and oxygen atoms in total. The lowest BCUT2D eigenvalue weighted by Crippen LogP contribution is -2.45. The van der Waals surface area contributed by atoms with E-state index in [1.54, 1.807) is 0 Å². The molecule has 84 valence electrons. The first-order chi connectivity index (χ1) is 7.13. The number of piperidine rings is 1. The first-order valence-corrected chi connectivity index (χ1v) is 5.78. The zero-order valence-corrected chi connectivity index (χ0v) is 9.82. The quantitative estimate of drug-likeness (QED) is 0.806. The average molecular weight is 208 g/mol. The molecule has 0 saturated carbocycles. The van der Waals surface area contributed by atoms with Gasteiger partial charge in [0, 0.05) is 6.04 Å². The van der Waals surface area contributed by atoms with Crippen molar-refractivity contribution in [3.05, 3.63) is 12.2 Å². The molecule has 0 radical (unpaired) electrons. The first-order valence-electron chi connectivity index (χ1n) is 5.78. The number of aromatic nitrogens is 3. The van der Waals surface area contributed by atoms with Crippen molar-refractivity contribution in [2.24, 2.45) is 0 Å². The Morgan fingerprint density at radius 1 is 1.47 bits per heavy atom. The summed E-state index contributed by atoms with van der Waals surface area (Å²) >= 11 is 0. The highest BCUT2D eigenvalue weighted by Gasteiger charge is 2.33. The van der Waals surface area contributed by atoms with Gasteiger partial charge in [-0.1, -0.05) is 0 Å². The van der Waals surface area contributed by atoms with Gasteiger partial charge in [-0.25, -0.2) is 0 Å². The zero-order valence-electron chi connectivity index (χ0n) is 9.82. The second-order valence-electron chi connectivity index (χ2n) is 4.87. The lowest BCUT2D eigenvalue weighted by Gasteiger charge is -2.34. The Morgan fingerprint density at radius 2 is 2.27 bits per heavy atom. The van der Waals surface area contributed by atoms with E-state index in [4.69, 9.17) is 0 Å². The van der Waals surface area contributed by atoms with Crippen molar-refractivity contribution in [3.63, 3.8) is 0 Å². The molecule has 1 aromatic rings. The van der Waals surface area contributed by atoms with Gasteiger partial charge in [-0.05, 0) is 46.6 Å². The summed E-state index contributed by atoms with van der Waals surface area (Å²) in [6.45, 7) is 7.65. The van der Waals surface area contributed by atoms with E-state index in [1.165, 1.54) is 12.8 Å². The highest BCUT2D eigenvalue weighted by Crippen LogP contribution is 2.29. The van der Waals surface area contributed by atoms with Gasteiger partial charge in [-0.15, -0.1) is 10.2 Å². The molecular weight excluding hydrogens is 188 g/mol. The second-order valence-corrected chi connectivity index (χ2v) is 4.87. The topological polar surface area (TPSA) is 42.7 Å². The number of nitrogens with one attached hydrogen (secondary N) is 1. The Labute approximate surface area is 91.1 Å². The van der Waals surface area contributed by atoms with Gasteiger partial charge in [0.1, 0.15) is 6.33 Å². The predicted molar refractivity (Wildman–Crippen MR) is 59.6 cm³/mol. The molecule has 0 spiro atoms.